The predicted molar refractivity (Wildman–Crippen MR) is 76.5 cm³/mol. The summed E-state index contributed by atoms with van der Waals surface area (Å²) in [6.07, 6.45) is 2.14. The molecule has 0 aliphatic heterocycles. The van der Waals surface area contributed by atoms with Crippen LogP contribution < -0.4 is 4.72 Å². The van der Waals surface area contributed by atoms with Crippen molar-refractivity contribution >= 4 is 21.6 Å². The zero-order valence-corrected chi connectivity index (χ0v) is 12.2. The summed E-state index contributed by atoms with van der Waals surface area (Å²) in [7, 11) is -3.20. The van der Waals surface area contributed by atoms with Crippen LogP contribution in [0.5, 0.6) is 0 Å². The van der Waals surface area contributed by atoms with E-state index in [0.29, 0.717) is 12.3 Å². The van der Waals surface area contributed by atoms with Gasteiger partial charge >= 0.3 is 0 Å². The van der Waals surface area contributed by atoms with E-state index in [0.717, 1.165) is 18.4 Å². The van der Waals surface area contributed by atoms with Gasteiger partial charge in [0.1, 0.15) is 0 Å². The summed E-state index contributed by atoms with van der Waals surface area (Å²) in [5.74, 6) is 0.693. The number of aryl methyl sites for hydroxylation is 1. The van der Waals surface area contributed by atoms with Crippen LogP contribution in [0, 0.1) is 0 Å². The molecular weight excluding hydrogens is 270 g/mol. The summed E-state index contributed by atoms with van der Waals surface area (Å²) in [5.41, 5.74) is 1.04. The third kappa shape index (κ3) is 6.38. The Bertz CT molecular complexity index is 434. The van der Waals surface area contributed by atoms with Crippen LogP contribution in [0.2, 0.25) is 0 Å². The number of benzene rings is 1. The standard InChI is InChI=1S/C13H20ClNO2S/c1-12(6-5-10-14)15-18(16,17)11-9-13-7-3-2-4-8-13/h2-4,7-8,12,15H,5-6,9-11H2,1H3. The number of sulfonamides is 1. The van der Waals surface area contributed by atoms with Crippen LogP contribution in [0.25, 0.3) is 0 Å². The van der Waals surface area contributed by atoms with Gasteiger partial charge in [0, 0.05) is 11.9 Å². The topological polar surface area (TPSA) is 46.2 Å². The monoisotopic (exact) mass is 289 g/mol. The largest absolute Gasteiger partial charge is 0.212 e. The highest BCUT2D eigenvalue weighted by atomic mass is 35.5. The van der Waals surface area contributed by atoms with Gasteiger partial charge in [-0.25, -0.2) is 13.1 Å². The van der Waals surface area contributed by atoms with E-state index in [9.17, 15) is 8.42 Å². The van der Waals surface area contributed by atoms with Crippen molar-refractivity contribution in [1.82, 2.24) is 4.72 Å². The Hall–Kier alpha value is -0.580. The van der Waals surface area contributed by atoms with E-state index in [-0.39, 0.29) is 11.8 Å². The Labute approximate surface area is 115 Å². The normalized spacial score (nSPS) is 13.4. The second kappa shape index (κ2) is 7.77. The molecule has 0 saturated carbocycles. The molecule has 0 saturated heterocycles. The summed E-state index contributed by atoms with van der Waals surface area (Å²) in [5, 5.41) is 0. The molecule has 0 spiro atoms. The Balaban J connectivity index is 2.40. The molecule has 5 heteroatoms. The van der Waals surface area contributed by atoms with E-state index in [1.54, 1.807) is 0 Å². The number of hydrogen-bond acceptors (Lipinski definition) is 2. The lowest BCUT2D eigenvalue weighted by atomic mass is 10.2. The molecule has 0 bridgehead atoms. The first-order valence-corrected chi connectivity index (χ1v) is 8.32. The number of nitrogens with one attached hydrogen (secondary N) is 1. The summed E-state index contributed by atoms with van der Waals surface area (Å²) in [6, 6.07) is 9.57. The van der Waals surface area contributed by atoms with Crippen LogP contribution in [0.3, 0.4) is 0 Å². The number of alkyl halides is 1. The first kappa shape index (κ1) is 15.5. The van der Waals surface area contributed by atoms with Gasteiger partial charge in [-0.15, -0.1) is 11.6 Å². The van der Waals surface area contributed by atoms with Crippen molar-refractivity contribution < 1.29 is 8.42 Å². The molecule has 0 fully saturated rings. The highest BCUT2D eigenvalue weighted by Gasteiger charge is 2.14. The lowest BCUT2D eigenvalue weighted by Crippen LogP contribution is -2.34. The second-order valence-corrected chi connectivity index (χ2v) is 6.66. The fourth-order valence-electron chi connectivity index (χ4n) is 1.70. The second-order valence-electron chi connectivity index (χ2n) is 4.40. The summed E-state index contributed by atoms with van der Waals surface area (Å²) < 4.78 is 26.3. The summed E-state index contributed by atoms with van der Waals surface area (Å²) in [4.78, 5) is 0. The molecule has 1 unspecified atom stereocenters. The number of hydrogen-bond donors (Lipinski definition) is 1. The van der Waals surface area contributed by atoms with E-state index in [4.69, 9.17) is 11.6 Å². The van der Waals surface area contributed by atoms with Gasteiger partial charge in [0.15, 0.2) is 0 Å². The van der Waals surface area contributed by atoms with Crippen LogP contribution in [0.4, 0.5) is 0 Å². The SMILES string of the molecule is CC(CCCCl)NS(=O)(=O)CCc1ccccc1. The Morgan fingerprint density at radius 1 is 1.28 bits per heavy atom. The fourth-order valence-corrected chi connectivity index (χ4v) is 3.21. The van der Waals surface area contributed by atoms with Crippen molar-refractivity contribution in [2.45, 2.75) is 32.2 Å². The molecule has 0 heterocycles. The molecule has 1 N–H and O–H groups in total. The predicted octanol–water partition coefficient (Wildman–Crippen LogP) is 2.56. The Morgan fingerprint density at radius 3 is 2.56 bits per heavy atom. The van der Waals surface area contributed by atoms with Gasteiger partial charge in [-0.2, -0.15) is 0 Å². The van der Waals surface area contributed by atoms with Crippen molar-refractivity contribution in [3.63, 3.8) is 0 Å². The first-order valence-electron chi connectivity index (χ1n) is 6.13. The van der Waals surface area contributed by atoms with Crippen LogP contribution in [-0.4, -0.2) is 26.1 Å². The fraction of sp³-hybridized carbons (Fsp3) is 0.538. The van der Waals surface area contributed by atoms with E-state index in [1.165, 1.54) is 0 Å². The molecular formula is C13H20ClNO2S. The van der Waals surface area contributed by atoms with Crippen molar-refractivity contribution in [2.24, 2.45) is 0 Å². The van der Waals surface area contributed by atoms with Gasteiger partial charge in [-0.1, -0.05) is 30.3 Å². The maximum atomic E-state index is 11.8. The average Bonchev–Trinajstić information content (AvgIpc) is 2.35. The third-order valence-corrected chi connectivity index (χ3v) is 4.42. The molecule has 1 aromatic carbocycles. The molecule has 0 amide bonds. The smallest absolute Gasteiger partial charge is 0.212 e. The van der Waals surface area contributed by atoms with Gasteiger partial charge in [0.2, 0.25) is 10.0 Å². The lowest BCUT2D eigenvalue weighted by Gasteiger charge is -2.13. The lowest BCUT2D eigenvalue weighted by molar-refractivity contribution is 0.544. The van der Waals surface area contributed by atoms with Gasteiger partial charge in [0.25, 0.3) is 0 Å². The van der Waals surface area contributed by atoms with Gasteiger partial charge in [0.05, 0.1) is 5.75 Å². The number of rotatable bonds is 8. The molecule has 1 aromatic rings. The molecule has 1 atom stereocenters. The summed E-state index contributed by atoms with van der Waals surface area (Å²) in [6.45, 7) is 1.87. The minimum Gasteiger partial charge on any atom is -0.212 e. The van der Waals surface area contributed by atoms with Crippen molar-refractivity contribution in [3.05, 3.63) is 35.9 Å². The van der Waals surface area contributed by atoms with E-state index >= 15 is 0 Å². The van der Waals surface area contributed by atoms with Crippen LogP contribution >= 0.6 is 11.6 Å². The molecule has 3 nitrogen and oxygen atoms in total. The maximum Gasteiger partial charge on any atom is 0.212 e. The molecule has 102 valence electrons. The van der Waals surface area contributed by atoms with Crippen LogP contribution in [-0.2, 0) is 16.4 Å². The quantitative estimate of drug-likeness (QED) is 0.748. The highest BCUT2D eigenvalue weighted by molar-refractivity contribution is 7.89. The Morgan fingerprint density at radius 2 is 1.94 bits per heavy atom. The van der Waals surface area contributed by atoms with Crippen molar-refractivity contribution in [1.29, 1.82) is 0 Å². The van der Waals surface area contributed by atoms with E-state index in [2.05, 4.69) is 4.72 Å². The molecule has 0 aliphatic rings. The zero-order chi connectivity index (χ0) is 13.4. The van der Waals surface area contributed by atoms with Gasteiger partial charge in [-0.05, 0) is 31.7 Å². The van der Waals surface area contributed by atoms with E-state index in [1.807, 2.05) is 37.3 Å². The molecule has 1 rings (SSSR count). The maximum absolute atomic E-state index is 11.8. The first-order chi connectivity index (χ1) is 8.53. The number of halogens is 1. The molecule has 0 radical (unpaired) electrons. The van der Waals surface area contributed by atoms with Crippen LogP contribution in [0.1, 0.15) is 25.3 Å². The van der Waals surface area contributed by atoms with Crippen molar-refractivity contribution in [2.75, 3.05) is 11.6 Å². The molecule has 0 aromatic heterocycles. The molecule has 18 heavy (non-hydrogen) atoms. The Kier molecular flexibility index (Phi) is 6.68. The summed E-state index contributed by atoms with van der Waals surface area (Å²) >= 11 is 5.58. The highest BCUT2D eigenvalue weighted by Crippen LogP contribution is 2.04. The van der Waals surface area contributed by atoms with Crippen LogP contribution in [0.15, 0.2) is 30.3 Å². The molecule has 0 aliphatic carbocycles. The zero-order valence-electron chi connectivity index (χ0n) is 10.6. The van der Waals surface area contributed by atoms with Gasteiger partial charge in [-0.3, -0.25) is 0 Å². The van der Waals surface area contributed by atoms with Crippen molar-refractivity contribution in [3.8, 4) is 0 Å². The van der Waals surface area contributed by atoms with E-state index < -0.39 is 10.0 Å². The van der Waals surface area contributed by atoms with Gasteiger partial charge < -0.3 is 0 Å². The minimum absolute atomic E-state index is 0.0514. The average molecular weight is 290 g/mol. The minimum atomic E-state index is -3.20. The third-order valence-electron chi connectivity index (χ3n) is 2.65.